The van der Waals surface area contributed by atoms with Crippen molar-refractivity contribution >= 4 is 24.2 Å². The van der Waals surface area contributed by atoms with Gasteiger partial charge in [0, 0.05) is 19.3 Å². The molecule has 11 heteroatoms. The molecule has 2 aromatic heterocycles. The molecule has 0 radical (unpaired) electrons. The predicted octanol–water partition coefficient (Wildman–Crippen LogP) is 5.97. The van der Waals surface area contributed by atoms with E-state index in [0.717, 1.165) is 67.5 Å². The lowest BCUT2D eigenvalue weighted by molar-refractivity contribution is -0.137. The van der Waals surface area contributed by atoms with Gasteiger partial charge in [0.25, 0.3) is 0 Å². The fourth-order valence-electron chi connectivity index (χ4n) is 5.11. The van der Waals surface area contributed by atoms with Crippen LogP contribution in [0.2, 0.25) is 0 Å². The molecule has 3 heterocycles. The maximum Gasteiger partial charge on any atom is 0.416 e. The molecule has 0 unspecified atom stereocenters. The number of aromatic nitrogens is 4. The zero-order valence-corrected chi connectivity index (χ0v) is 21.3. The van der Waals surface area contributed by atoms with Gasteiger partial charge in [-0.05, 0) is 74.7 Å². The number of hydrogen-bond acceptors (Lipinski definition) is 6. The number of hydrogen-bond donors (Lipinski definition) is 0. The third-order valence-electron chi connectivity index (χ3n) is 7.18. The van der Waals surface area contributed by atoms with Crippen LogP contribution in [0, 0.1) is 12.3 Å². The van der Waals surface area contributed by atoms with Crippen LogP contribution in [0.25, 0.3) is 11.6 Å². The first-order valence-corrected chi connectivity index (χ1v) is 12.6. The highest BCUT2D eigenvalue weighted by atomic mass is 35.5. The highest BCUT2D eigenvalue weighted by molar-refractivity contribution is 7.99. The normalized spacial score (nSPS) is 22.0. The molecular weight excluding hydrogens is 499 g/mol. The van der Waals surface area contributed by atoms with Crippen molar-refractivity contribution in [1.29, 1.82) is 0 Å². The number of likely N-dealkylation sites (tertiary alicyclic amines) is 1. The number of halogens is 4. The van der Waals surface area contributed by atoms with Crippen molar-refractivity contribution in [3.05, 3.63) is 47.5 Å². The Bertz CT molecular complexity index is 1150. The van der Waals surface area contributed by atoms with Gasteiger partial charge < -0.3 is 13.9 Å². The monoisotopic (exact) mass is 527 g/mol. The molecule has 1 aliphatic heterocycles. The number of rotatable bonds is 8. The predicted molar refractivity (Wildman–Crippen MR) is 131 cm³/mol. The summed E-state index contributed by atoms with van der Waals surface area (Å²) < 4.78 is 45.8. The SMILES string of the molecule is Cc1ncoc1-c1nnc(SCCCCN2CC[C@@]3(C[C@H]3c3ccc(C(F)(F)F)cc3)C2)n1C.Cl. The quantitative estimate of drug-likeness (QED) is 0.266. The van der Waals surface area contributed by atoms with E-state index in [1.165, 1.54) is 18.5 Å². The average Bonchev–Trinajstić information content (AvgIpc) is 3.08. The van der Waals surface area contributed by atoms with Crippen LogP contribution < -0.4 is 0 Å². The van der Waals surface area contributed by atoms with E-state index < -0.39 is 11.7 Å². The molecule has 1 saturated heterocycles. The lowest BCUT2D eigenvalue weighted by atomic mass is 9.97. The second kappa shape index (κ2) is 10.1. The van der Waals surface area contributed by atoms with Crippen LogP contribution in [0.15, 0.2) is 40.2 Å². The zero-order valence-electron chi connectivity index (χ0n) is 19.7. The second-order valence-electron chi connectivity index (χ2n) is 9.45. The Kier molecular flexibility index (Phi) is 7.54. The number of nitrogens with zero attached hydrogens (tertiary/aromatic N) is 5. The van der Waals surface area contributed by atoms with Crippen LogP contribution in [-0.4, -0.2) is 50.0 Å². The fourth-order valence-corrected chi connectivity index (χ4v) is 6.02. The van der Waals surface area contributed by atoms with Crippen molar-refractivity contribution in [2.45, 2.75) is 49.9 Å². The molecule has 0 amide bonds. The van der Waals surface area contributed by atoms with Crippen molar-refractivity contribution in [2.75, 3.05) is 25.4 Å². The largest absolute Gasteiger partial charge is 0.440 e. The Labute approximate surface area is 213 Å². The molecule has 190 valence electrons. The summed E-state index contributed by atoms with van der Waals surface area (Å²) in [7, 11) is 1.94. The standard InChI is InChI=1S/C24H28F3N5OS.ClH/c1-16-20(33-15-28-16)21-29-30-22(31(21)2)34-12-4-3-10-32-11-9-23(14-32)13-19(23)17-5-7-18(8-6-17)24(25,26)27;/h5-8,15,19H,3-4,9-14H2,1-2H3;1H/t19-,23+;/m0./s1. The number of benzene rings is 1. The summed E-state index contributed by atoms with van der Waals surface area (Å²) in [5.74, 6) is 2.70. The molecule has 3 aromatic rings. The number of alkyl halides is 3. The molecule has 2 fully saturated rings. The number of unbranched alkanes of at least 4 members (excludes halogenated alkanes) is 1. The smallest absolute Gasteiger partial charge is 0.416 e. The molecule has 0 N–H and O–H groups in total. The summed E-state index contributed by atoms with van der Waals surface area (Å²) in [4.78, 5) is 6.63. The van der Waals surface area contributed by atoms with Gasteiger partial charge in [-0.15, -0.1) is 22.6 Å². The first kappa shape index (κ1) is 26.0. The molecular formula is C24H29ClF3N5OS. The van der Waals surface area contributed by atoms with E-state index in [0.29, 0.717) is 17.5 Å². The Morgan fingerprint density at radius 3 is 2.63 bits per heavy atom. The number of aryl methyl sites for hydroxylation is 1. The second-order valence-corrected chi connectivity index (χ2v) is 10.5. The van der Waals surface area contributed by atoms with Gasteiger partial charge in [0.1, 0.15) is 0 Å². The molecule has 1 aliphatic carbocycles. The summed E-state index contributed by atoms with van der Waals surface area (Å²) in [5.41, 5.74) is 1.55. The van der Waals surface area contributed by atoms with Gasteiger partial charge in [-0.3, -0.25) is 0 Å². The summed E-state index contributed by atoms with van der Waals surface area (Å²) in [5, 5.41) is 9.40. The molecule has 2 aliphatic rings. The summed E-state index contributed by atoms with van der Waals surface area (Å²) in [6.07, 6.45) is 1.56. The Morgan fingerprint density at radius 2 is 1.94 bits per heavy atom. The maximum atomic E-state index is 12.8. The minimum Gasteiger partial charge on any atom is -0.440 e. The molecule has 6 nitrogen and oxygen atoms in total. The van der Waals surface area contributed by atoms with Gasteiger partial charge in [-0.1, -0.05) is 23.9 Å². The van der Waals surface area contributed by atoms with Gasteiger partial charge in [-0.25, -0.2) is 4.98 Å². The first-order valence-electron chi connectivity index (χ1n) is 11.6. The minimum atomic E-state index is -4.27. The van der Waals surface area contributed by atoms with E-state index >= 15 is 0 Å². The van der Waals surface area contributed by atoms with Crippen molar-refractivity contribution in [1.82, 2.24) is 24.6 Å². The molecule has 0 bridgehead atoms. The van der Waals surface area contributed by atoms with Crippen molar-refractivity contribution in [3.8, 4) is 11.6 Å². The summed E-state index contributed by atoms with van der Waals surface area (Å²) in [6, 6.07) is 5.78. The van der Waals surface area contributed by atoms with Crippen LogP contribution in [0.5, 0.6) is 0 Å². The summed E-state index contributed by atoms with van der Waals surface area (Å²) in [6.45, 7) is 5.07. The van der Waals surface area contributed by atoms with E-state index in [1.54, 1.807) is 23.9 Å². The summed E-state index contributed by atoms with van der Waals surface area (Å²) >= 11 is 1.69. The zero-order chi connectivity index (χ0) is 23.9. The van der Waals surface area contributed by atoms with Gasteiger partial charge >= 0.3 is 6.18 Å². The van der Waals surface area contributed by atoms with Crippen molar-refractivity contribution in [3.63, 3.8) is 0 Å². The van der Waals surface area contributed by atoms with Crippen molar-refractivity contribution < 1.29 is 17.6 Å². The molecule has 1 spiro atoms. The third-order valence-corrected chi connectivity index (χ3v) is 8.28. The van der Waals surface area contributed by atoms with E-state index in [-0.39, 0.29) is 17.8 Å². The highest BCUT2D eigenvalue weighted by Gasteiger charge is 2.57. The molecule has 2 atom stereocenters. The Morgan fingerprint density at radius 1 is 1.17 bits per heavy atom. The van der Waals surface area contributed by atoms with Crippen LogP contribution in [0.4, 0.5) is 13.2 Å². The van der Waals surface area contributed by atoms with Crippen LogP contribution in [0.3, 0.4) is 0 Å². The molecule has 35 heavy (non-hydrogen) atoms. The van der Waals surface area contributed by atoms with Crippen LogP contribution in [-0.2, 0) is 13.2 Å². The van der Waals surface area contributed by atoms with Gasteiger partial charge in [0.15, 0.2) is 17.3 Å². The fraction of sp³-hybridized carbons (Fsp3) is 0.542. The molecule has 5 rings (SSSR count). The first-order chi connectivity index (χ1) is 16.3. The Hall–Kier alpha value is -2.04. The van der Waals surface area contributed by atoms with Gasteiger partial charge in [0.2, 0.25) is 5.82 Å². The average molecular weight is 528 g/mol. The minimum absolute atomic E-state index is 0. The van der Waals surface area contributed by atoms with E-state index in [4.69, 9.17) is 4.42 Å². The number of oxazole rings is 1. The number of thioether (sulfide) groups is 1. The lowest BCUT2D eigenvalue weighted by Gasteiger charge is -2.16. The van der Waals surface area contributed by atoms with Gasteiger partial charge in [0.05, 0.1) is 11.3 Å². The van der Waals surface area contributed by atoms with Crippen LogP contribution >= 0.6 is 24.2 Å². The maximum absolute atomic E-state index is 12.8. The van der Waals surface area contributed by atoms with E-state index in [1.807, 2.05) is 18.5 Å². The molecule has 1 aromatic carbocycles. The molecule has 1 saturated carbocycles. The highest BCUT2D eigenvalue weighted by Crippen LogP contribution is 2.64. The van der Waals surface area contributed by atoms with E-state index in [9.17, 15) is 13.2 Å². The Balaban J connectivity index is 0.00000289. The van der Waals surface area contributed by atoms with E-state index in [2.05, 4.69) is 20.1 Å². The lowest BCUT2D eigenvalue weighted by Crippen LogP contribution is -2.22. The topological polar surface area (TPSA) is 60.0 Å². The third kappa shape index (κ3) is 5.39. The van der Waals surface area contributed by atoms with Crippen molar-refractivity contribution in [2.24, 2.45) is 12.5 Å². The van der Waals surface area contributed by atoms with Gasteiger partial charge in [-0.2, -0.15) is 13.2 Å². The van der Waals surface area contributed by atoms with Crippen LogP contribution in [0.1, 0.15) is 48.4 Å².